The summed E-state index contributed by atoms with van der Waals surface area (Å²) in [6, 6.07) is 31.7. The van der Waals surface area contributed by atoms with E-state index >= 15 is 0 Å². The highest BCUT2D eigenvalue weighted by molar-refractivity contribution is 6.30. The minimum absolute atomic E-state index is 0.308. The van der Waals surface area contributed by atoms with Crippen LogP contribution in [-0.4, -0.2) is 13.1 Å². The highest BCUT2D eigenvalue weighted by atomic mass is 16.5. The first-order chi connectivity index (χ1) is 14.8. The van der Waals surface area contributed by atoms with Gasteiger partial charge in [0.15, 0.2) is 0 Å². The Bertz CT molecular complexity index is 1640. The van der Waals surface area contributed by atoms with Gasteiger partial charge in [-0.25, -0.2) is 4.79 Å². The van der Waals surface area contributed by atoms with E-state index in [0.717, 1.165) is 16.2 Å². The number of rotatable bonds is 1. The summed E-state index contributed by atoms with van der Waals surface area (Å²) in [5.74, 6) is -0.308. The zero-order chi connectivity index (χ0) is 20.2. The molecule has 0 fully saturated rings. The molecule has 142 valence electrons. The van der Waals surface area contributed by atoms with Crippen LogP contribution < -0.4 is 0 Å². The largest absolute Gasteiger partial charge is 0.465 e. The molecule has 0 saturated heterocycles. The van der Waals surface area contributed by atoms with Gasteiger partial charge in [-0.2, -0.15) is 0 Å². The summed E-state index contributed by atoms with van der Waals surface area (Å²) in [5, 5.41) is 11.6. The number of hydrogen-bond donors (Lipinski definition) is 0. The number of carbonyl (C=O) groups excluding carboxylic acids is 1. The van der Waals surface area contributed by atoms with Crippen molar-refractivity contribution in [3.63, 3.8) is 0 Å². The van der Waals surface area contributed by atoms with Crippen molar-refractivity contribution in [2.75, 3.05) is 7.11 Å². The van der Waals surface area contributed by atoms with Gasteiger partial charge in [0.25, 0.3) is 0 Å². The van der Waals surface area contributed by atoms with Crippen LogP contribution in [0, 0.1) is 0 Å². The smallest absolute Gasteiger partial charge is 0.338 e. The van der Waals surface area contributed by atoms with E-state index in [9.17, 15) is 4.79 Å². The summed E-state index contributed by atoms with van der Waals surface area (Å²) in [5.41, 5.74) is 0.603. The lowest BCUT2D eigenvalue weighted by Crippen LogP contribution is -2.02. The second-order valence-electron chi connectivity index (χ2n) is 7.67. The monoisotopic (exact) mass is 386 g/mol. The van der Waals surface area contributed by atoms with Gasteiger partial charge in [-0.3, -0.25) is 0 Å². The van der Waals surface area contributed by atoms with Crippen LogP contribution in [0.2, 0.25) is 0 Å². The van der Waals surface area contributed by atoms with Gasteiger partial charge in [-0.05, 0) is 59.9 Å². The van der Waals surface area contributed by atoms with Crippen LogP contribution in [0.5, 0.6) is 0 Å². The van der Waals surface area contributed by atoms with E-state index in [2.05, 4.69) is 66.7 Å². The second kappa shape index (κ2) is 6.30. The van der Waals surface area contributed by atoms with Gasteiger partial charge in [0.05, 0.1) is 12.7 Å². The van der Waals surface area contributed by atoms with Crippen LogP contribution in [0.15, 0.2) is 91.0 Å². The summed E-state index contributed by atoms with van der Waals surface area (Å²) in [6.45, 7) is 0. The fourth-order valence-electron chi connectivity index (χ4n) is 4.80. The lowest BCUT2D eigenvalue weighted by atomic mass is 9.90. The Morgan fingerprint density at radius 1 is 0.567 bits per heavy atom. The van der Waals surface area contributed by atoms with Crippen LogP contribution in [0.4, 0.5) is 0 Å². The van der Waals surface area contributed by atoms with Gasteiger partial charge in [-0.1, -0.05) is 84.9 Å². The van der Waals surface area contributed by atoms with Crippen molar-refractivity contribution in [1.29, 1.82) is 0 Å². The first-order valence-electron chi connectivity index (χ1n) is 10.0. The molecule has 0 N–H and O–H groups in total. The van der Waals surface area contributed by atoms with Crippen molar-refractivity contribution in [1.82, 2.24) is 0 Å². The topological polar surface area (TPSA) is 26.3 Å². The first-order valence-corrected chi connectivity index (χ1v) is 10.0. The van der Waals surface area contributed by atoms with Crippen LogP contribution in [-0.2, 0) is 4.74 Å². The van der Waals surface area contributed by atoms with Crippen LogP contribution in [0.25, 0.3) is 53.9 Å². The van der Waals surface area contributed by atoms with Crippen LogP contribution >= 0.6 is 0 Å². The standard InChI is InChI=1S/C28H18O2/c1-30-28(29)25-16-19-13-15-23-24(27(19)22-9-5-4-8-21(22)25)14-12-18-11-10-17-6-2-3-7-20(17)26(18)23/h2-16H,1H3. The average molecular weight is 386 g/mol. The van der Waals surface area contributed by atoms with Crippen molar-refractivity contribution in [2.24, 2.45) is 0 Å². The fourth-order valence-corrected chi connectivity index (χ4v) is 4.80. The minimum Gasteiger partial charge on any atom is -0.465 e. The van der Waals surface area contributed by atoms with E-state index in [4.69, 9.17) is 4.74 Å². The molecule has 0 unspecified atom stereocenters. The van der Waals surface area contributed by atoms with E-state index < -0.39 is 0 Å². The molecule has 6 aromatic carbocycles. The predicted molar refractivity (Wildman–Crippen MR) is 125 cm³/mol. The predicted octanol–water partition coefficient (Wildman–Crippen LogP) is 7.24. The van der Waals surface area contributed by atoms with Crippen LogP contribution in [0.1, 0.15) is 10.4 Å². The van der Waals surface area contributed by atoms with Gasteiger partial charge >= 0.3 is 5.97 Å². The molecule has 0 aromatic heterocycles. The maximum Gasteiger partial charge on any atom is 0.338 e. The molecule has 2 heteroatoms. The lowest BCUT2D eigenvalue weighted by Gasteiger charge is -2.14. The molecule has 0 saturated carbocycles. The molecule has 0 amide bonds. The zero-order valence-corrected chi connectivity index (χ0v) is 16.5. The number of ether oxygens (including phenoxy) is 1. The van der Waals surface area contributed by atoms with Crippen molar-refractivity contribution in [3.8, 4) is 0 Å². The zero-order valence-electron chi connectivity index (χ0n) is 16.5. The Morgan fingerprint density at radius 3 is 1.87 bits per heavy atom. The van der Waals surface area contributed by atoms with Crippen LogP contribution in [0.3, 0.4) is 0 Å². The maximum absolute atomic E-state index is 12.4. The van der Waals surface area contributed by atoms with Gasteiger partial charge in [0, 0.05) is 0 Å². The van der Waals surface area contributed by atoms with E-state index in [1.807, 2.05) is 24.3 Å². The number of hydrogen-bond acceptors (Lipinski definition) is 2. The van der Waals surface area contributed by atoms with Gasteiger partial charge in [0.1, 0.15) is 0 Å². The third kappa shape index (κ3) is 2.28. The maximum atomic E-state index is 12.4. The molecule has 6 aromatic rings. The van der Waals surface area contributed by atoms with Gasteiger partial charge < -0.3 is 4.74 Å². The van der Waals surface area contributed by atoms with Crippen molar-refractivity contribution >= 4 is 59.8 Å². The summed E-state index contributed by atoms with van der Waals surface area (Å²) in [4.78, 5) is 12.4. The van der Waals surface area contributed by atoms with Crippen molar-refractivity contribution < 1.29 is 9.53 Å². The number of methoxy groups -OCH3 is 1. The second-order valence-corrected chi connectivity index (χ2v) is 7.67. The molecular weight excluding hydrogens is 368 g/mol. The van der Waals surface area contributed by atoms with E-state index in [0.29, 0.717) is 5.56 Å². The van der Waals surface area contributed by atoms with E-state index in [1.54, 1.807) is 0 Å². The summed E-state index contributed by atoms with van der Waals surface area (Å²) in [7, 11) is 1.43. The molecule has 30 heavy (non-hydrogen) atoms. The first kappa shape index (κ1) is 17.0. The van der Waals surface area contributed by atoms with E-state index in [-0.39, 0.29) is 5.97 Å². The average Bonchev–Trinajstić information content (AvgIpc) is 2.82. The van der Waals surface area contributed by atoms with Crippen molar-refractivity contribution in [2.45, 2.75) is 0 Å². The highest BCUT2D eigenvalue weighted by Gasteiger charge is 2.16. The molecular formula is C28H18O2. The molecule has 0 spiro atoms. The third-order valence-electron chi connectivity index (χ3n) is 6.13. The minimum atomic E-state index is -0.308. The Morgan fingerprint density at radius 2 is 1.10 bits per heavy atom. The molecule has 0 heterocycles. The normalized spacial score (nSPS) is 11.6. The summed E-state index contributed by atoms with van der Waals surface area (Å²) < 4.78 is 5.05. The third-order valence-corrected chi connectivity index (χ3v) is 6.13. The fraction of sp³-hybridized carbons (Fsp3) is 0.0357. The molecule has 0 aliphatic carbocycles. The number of carbonyl (C=O) groups is 1. The summed E-state index contributed by atoms with van der Waals surface area (Å²) >= 11 is 0. The van der Waals surface area contributed by atoms with Gasteiger partial charge in [0.2, 0.25) is 0 Å². The quantitative estimate of drug-likeness (QED) is 0.220. The molecule has 6 rings (SSSR count). The SMILES string of the molecule is COC(=O)c1cc2ccc3c(ccc4ccc5ccccc5c43)c2c2ccccc12. The van der Waals surface area contributed by atoms with E-state index in [1.165, 1.54) is 44.8 Å². The number of esters is 1. The molecule has 0 aliphatic heterocycles. The Kier molecular flexibility index (Phi) is 3.57. The number of fused-ring (bicyclic) bond motifs is 9. The molecule has 0 atom stereocenters. The molecule has 0 aliphatic rings. The Labute approximate surface area is 173 Å². The highest BCUT2D eigenvalue weighted by Crippen LogP contribution is 2.39. The number of benzene rings is 6. The summed E-state index contributed by atoms with van der Waals surface area (Å²) in [6.07, 6.45) is 0. The molecule has 2 nitrogen and oxygen atoms in total. The Hall–Kier alpha value is -3.91. The lowest BCUT2D eigenvalue weighted by molar-refractivity contribution is 0.0603. The van der Waals surface area contributed by atoms with Crippen molar-refractivity contribution in [3.05, 3.63) is 96.6 Å². The molecule has 0 bridgehead atoms. The molecule has 0 radical (unpaired) electrons. The van der Waals surface area contributed by atoms with Gasteiger partial charge in [-0.15, -0.1) is 0 Å². The Balaban J connectivity index is 1.86.